The lowest BCUT2D eigenvalue weighted by Gasteiger charge is -2.09. The van der Waals surface area contributed by atoms with E-state index in [1.54, 1.807) is 0 Å². The largest absolute Gasteiger partial charge is 0.481 e. The average Bonchev–Trinajstić information content (AvgIpc) is 2.19. The Morgan fingerprint density at radius 1 is 1.56 bits per heavy atom. The molecule has 1 N–H and O–H groups in total. The van der Waals surface area contributed by atoms with E-state index in [0.717, 1.165) is 6.07 Å². The van der Waals surface area contributed by atoms with E-state index in [4.69, 9.17) is 5.11 Å². The Balaban J connectivity index is 3.22. The molecular formula is C9H7Br2F2NO2. The molecule has 0 aliphatic rings. The van der Waals surface area contributed by atoms with Crippen LogP contribution in [-0.2, 0) is 16.5 Å². The van der Waals surface area contributed by atoms with Crippen molar-refractivity contribution < 1.29 is 18.7 Å². The molecule has 0 saturated carbocycles. The molecule has 16 heavy (non-hydrogen) atoms. The van der Waals surface area contributed by atoms with Gasteiger partial charge in [-0.05, 0) is 11.6 Å². The Hall–Kier alpha value is -0.560. The lowest BCUT2D eigenvalue weighted by Crippen LogP contribution is -2.07. The van der Waals surface area contributed by atoms with Crippen LogP contribution < -0.4 is 0 Å². The third-order valence-electron chi connectivity index (χ3n) is 1.85. The Kier molecular flexibility index (Phi) is 4.79. The lowest BCUT2D eigenvalue weighted by atomic mass is 10.1. The summed E-state index contributed by atoms with van der Waals surface area (Å²) in [4.78, 5) is 14.3. The van der Waals surface area contributed by atoms with E-state index in [9.17, 15) is 13.6 Å². The Labute approximate surface area is 107 Å². The van der Waals surface area contributed by atoms with Crippen LogP contribution in [0, 0.1) is 0 Å². The number of rotatable bonds is 4. The summed E-state index contributed by atoms with van der Waals surface area (Å²) in [6.07, 6.45) is -2.93. The molecule has 0 atom stereocenters. The van der Waals surface area contributed by atoms with Crippen LogP contribution >= 0.6 is 31.9 Å². The Morgan fingerprint density at radius 3 is 2.62 bits per heavy atom. The predicted molar refractivity (Wildman–Crippen MR) is 60.9 cm³/mol. The second-order valence-electron chi connectivity index (χ2n) is 2.96. The summed E-state index contributed by atoms with van der Waals surface area (Å²) in [5.41, 5.74) is 0.358. The van der Waals surface area contributed by atoms with Gasteiger partial charge >= 0.3 is 5.97 Å². The maximum atomic E-state index is 12.4. The monoisotopic (exact) mass is 357 g/mol. The summed E-state index contributed by atoms with van der Waals surface area (Å²) in [6.45, 7) is 0. The van der Waals surface area contributed by atoms with Crippen molar-refractivity contribution in [3.63, 3.8) is 0 Å². The quantitative estimate of drug-likeness (QED) is 0.840. The highest BCUT2D eigenvalue weighted by molar-refractivity contribution is 9.10. The van der Waals surface area contributed by atoms with Gasteiger partial charge in [-0.15, -0.1) is 0 Å². The van der Waals surface area contributed by atoms with Crippen LogP contribution in [0.15, 0.2) is 10.5 Å². The first-order chi connectivity index (χ1) is 7.45. The number of hydrogen-bond acceptors (Lipinski definition) is 2. The molecule has 1 aromatic heterocycles. The lowest BCUT2D eigenvalue weighted by molar-refractivity contribution is -0.136. The zero-order chi connectivity index (χ0) is 12.3. The SMILES string of the molecule is O=C(O)Cc1c(Br)cc(C(F)F)nc1CBr. The fraction of sp³-hybridized carbons (Fsp3) is 0.333. The van der Waals surface area contributed by atoms with Gasteiger partial charge in [-0.2, -0.15) is 0 Å². The molecule has 0 bridgehead atoms. The van der Waals surface area contributed by atoms with Crippen LogP contribution in [0.1, 0.15) is 23.4 Å². The first-order valence-electron chi connectivity index (χ1n) is 4.19. The second-order valence-corrected chi connectivity index (χ2v) is 4.37. The van der Waals surface area contributed by atoms with Crippen LogP contribution in [0.25, 0.3) is 0 Å². The minimum absolute atomic E-state index is 0.231. The van der Waals surface area contributed by atoms with Gasteiger partial charge in [0.2, 0.25) is 0 Å². The summed E-state index contributed by atoms with van der Waals surface area (Å²) < 4.78 is 25.2. The van der Waals surface area contributed by atoms with E-state index in [2.05, 4.69) is 36.8 Å². The molecule has 7 heteroatoms. The molecule has 0 unspecified atom stereocenters. The van der Waals surface area contributed by atoms with Crippen molar-refractivity contribution in [2.75, 3.05) is 0 Å². The third-order valence-corrected chi connectivity index (χ3v) is 3.09. The maximum Gasteiger partial charge on any atom is 0.307 e. The molecule has 0 saturated heterocycles. The van der Waals surface area contributed by atoms with E-state index >= 15 is 0 Å². The molecule has 1 rings (SSSR count). The fourth-order valence-electron chi connectivity index (χ4n) is 1.17. The van der Waals surface area contributed by atoms with Crippen molar-refractivity contribution in [2.45, 2.75) is 18.2 Å². The van der Waals surface area contributed by atoms with Gasteiger partial charge in [-0.1, -0.05) is 31.9 Å². The highest BCUT2D eigenvalue weighted by atomic mass is 79.9. The highest BCUT2D eigenvalue weighted by Gasteiger charge is 2.17. The third kappa shape index (κ3) is 3.21. The molecule has 88 valence electrons. The average molecular weight is 359 g/mol. The number of aliphatic carboxylic acids is 1. The Morgan fingerprint density at radius 2 is 2.19 bits per heavy atom. The van der Waals surface area contributed by atoms with E-state index in [0.29, 0.717) is 15.7 Å². The molecule has 0 fully saturated rings. The molecule has 0 amide bonds. The summed E-state index contributed by atoms with van der Waals surface area (Å²) in [5, 5.41) is 8.91. The van der Waals surface area contributed by atoms with Gasteiger partial charge in [0.1, 0.15) is 5.69 Å². The molecule has 1 heterocycles. The normalized spacial score (nSPS) is 10.8. The van der Waals surface area contributed by atoms with Crippen LogP contribution in [0.3, 0.4) is 0 Å². The van der Waals surface area contributed by atoms with E-state index in [1.165, 1.54) is 0 Å². The molecule has 1 aromatic rings. The van der Waals surface area contributed by atoms with E-state index in [1.807, 2.05) is 0 Å². The summed E-state index contributed by atoms with van der Waals surface area (Å²) in [6, 6.07) is 1.15. The standard InChI is InChI=1S/C9H7Br2F2NO2/c10-3-7-4(1-8(15)16)5(11)2-6(14-7)9(12)13/h2,9H,1,3H2,(H,15,16). The highest BCUT2D eigenvalue weighted by Crippen LogP contribution is 2.27. The molecule has 0 spiro atoms. The molecule has 0 aromatic carbocycles. The number of pyridine rings is 1. The number of aromatic nitrogens is 1. The predicted octanol–water partition coefficient (Wildman–Crippen LogP) is 3.30. The van der Waals surface area contributed by atoms with Crippen LogP contribution in [0.2, 0.25) is 0 Å². The van der Waals surface area contributed by atoms with Crippen molar-refractivity contribution in [1.82, 2.24) is 4.98 Å². The van der Waals surface area contributed by atoms with Gasteiger partial charge in [0.25, 0.3) is 6.43 Å². The van der Waals surface area contributed by atoms with Gasteiger partial charge in [-0.3, -0.25) is 9.78 Å². The number of carboxylic acid groups (broad SMARTS) is 1. The number of carboxylic acids is 1. The summed E-state index contributed by atoms with van der Waals surface area (Å²) in [5.74, 6) is -1.03. The number of halogens is 4. The van der Waals surface area contributed by atoms with Gasteiger partial charge < -0.3 is 5.11 Å². The van der Waals surface area contributed by atoms with Gasteiger partial charge in [0.05, 0.1) is 12.1 Å². The molecular weight excluding hydrogens is 352 g/mol. The number of nitrogens with zero attached hydrogens (tertiary/aromatic N) is 1. The zero-order valence-corrected chi connectivity index (χ0v) is 11.1. The van der Waals surface area contributed by atoms with Gasteiger partial charge in [-0.25, -0.2) is 8.78 Å². The van der Waals surface area contributed by atoms with Crippen molar-refractivity contribution in [3.05, 3.63) is 27.5 Å². The maximum absolute atomic E-state index is 12.4. The first-order valence-corrected chi connectivity index (χ1v) is 6.11. The van der Waals surface area contributed by atoms with Crippen LogP contribution in [0.4, 0.5) is 8.78 Å². The van der Waals surface area contributed by atoms with Crippen molar-refractivity contribution in [1.29, 1.82) is 0 Å². The molecule has 0 aliphatic carbocycles. The van der Waals surface area contributed by atoms with Gasteiger partial charge in [0.15, 0.2) is 0 Å². The van der Waals surface area contributed by atoms with Crippen LogP contribution in [-0.4, -0.2) is 16.1 Å². The minimum atomic E-state index is -2.67. The first kappa shape index (κ1) is 13.5. The fourth-order valence-corrected chi connectivity index (χ4v) is 2.24. The summed E-state index contributed by atoms with van der Waals surface area (Å²) in [7, 11) is 0. The van der Waals surface area contributed by atoms with Crippen molar-refractivity contribution >= 4 is 37.8 Å². The Bertz CT molecular complexity index is 413. The number of hydrogen-bond donors (Lipinski definition) is 1. The van der Waals surface area contributed by atoms with E-state index in [-0.39, 0.29) is 17.4 Å². The van der Waals surface area contributed by atoms with Crippen molar-refractivity contribution in [2.24, 2.45) is 0 Å². The number of alkyl halides is 3. The second kappa shape index (κ2) is 5.67. The summed E-state index contributed by atoms with van der Waals surface area (Å²) >= 11 is 6.17. The van der Waals surface area contributed by atoms with E-state index < -0.39 is 12.4 Å². The molecule has 3 nitrogen and oxygen atoms in total. The number of carbonyl (C=O) groups is 1. The van der Waals surface area contributed by atoms with Gasteiger partial charge in [0, 0.05) is 9.80 Å². The smallest absolute Gasteiger partial charge is 0.307 e. The molecule has 0 radical (unpaired) electrons. The van der Waals surface area contributed by atoms with Crippen molar-refractivity contribution in [3.8, 4) is 0 Å². The van der Waals surface area contributed by atoms with Crippen LogP contribution in [0.5, 0.6) is 0 Å². The molecule has 0 aliphatic heterocycles. The minimum Gasteiger partial charge on any atom is -0.481 e. The topological polar surface area (TPSA) is 50.2 Å². The zero-order valence-electron chi connectivity index (χ0n) is 7.88.